The van der Waals surface area contributed by atoms with Crippen molar-refractivity contribution in [2.24, 2.45) is 0 Å². The second-order valence-corrected chi connectivity index (χ2v) is 8.60. The summed E-state index contributed by atoms with van der Waals surface area (Å²) < 4.78 is 1.98. The highest BCUT2D eigenvalue weighted by Gasteiger charge is 2.05. The van der Waals surface area contributed by atoms with Crippen LogP contribution in [0.4, 0.5) is 0 Å². The molecular formula is C20H31Br2Cl. The van der Waals surface area contributed by atoms with Crippen molar-refractivity contribution in [2.45, 2.75) is 90.4 Å². The van der Waals surface area contributed by atoms with E-state index in [9.17, 15) is 0 Å². The average molecular weight is 467 g/mol. The van der Waals surface area contributed by atoms with E-state index in [1.807, 2.05) is 0 Å². The summed E-state index contributed by atoms with van der Waals surface area (Å²) in [4.78, 5) is 0. The molecule has 0 aliphatic heterocycles. The third-order valence-electron chi connectivity index (χ3n) is 4.36. The van der Waals surface area contributed by atoms with Gasteiger partial charge in [-0.1, -0.05) is 89.2 Å². The van der Waals surface area contributed by atoms with E-state index < -0.39 is 0 Å². The highest BCUT2D eigenvalue weighted by Crippen LogP contribution is 2.32. The molecule has 0 aliphatic carbocycles. The summed E-state index contributed by atoms with van der Waals surface area (Å²) in [5.74, 6) is 0. The Kier molecular flexibility index (Phi) is 12.8. The van der Waals surface area contributed by atoms with Crippen molar-refractivity contribution in [1.29, 1.82) is 0 Å². The van der Waals surface area contributed by atoms with Crippen LogP contribution >= 0.6 is 43.5 Å². The monoisotopic (exact) mass is 464 g/mol. The number of benzene rings is 1. The predicted octanol–water partition coefficient (Wildman–Crippen LogP) is 9.11. The predicted molar refractivity (Wildman–Crippen MR) is 112 cm³/mol. The molecule has 23 heavy (non-hydrogen) atoms. The van der Waals surface area contributed by atoms with Crippen molar-refractivity contribution in [1.82, 2.24) is 0 Å². The summed E-state index contributed by atoms with van der Waals surface area (Å²) in [5, 5.41) is 0.767. The number of unbranched alkanes of at least 4 members (excludes halogenated alkanes) is 11. The third kappa shape index (κ3) is 10.1. The first kappa shape index (κ1) is 21.5. The summed E-state index contributed by atoms with van der Waals surface area (Å²) >= 11 is 13.2. The van der Waals surface area contributed by atoms with Crippen LogP contribution in [0.1, 0.15) is 89.5 Å². The molecule has 1 aromatic carbocycles. The molecule has 0 nitrogen and oxygen atoms in total. The van der Waals surface area contributed by atoms with E-state index in [-0.39, 0.29) is 0 Å². The smallest absolute Gasteiger partial charge is 0.0690 e. The number of hydrogen-bond acceptors (Lipinski definition) is 0. The van der Waals surface area contributed by atoms with E-state index >= 15 is 0 Å². The van der Waals surface area contributed by atoms with Crippen LogP contribution in [0.15, 0.2) is 21.1 Å². The second-order valence-electron chi connectivity index (χ2n) is 6.51. The first-order valence-corrected chi connectivity index (χ1v) is 11.2. The zero-order valence-corrected chi connectivity index (χ0v) is 18.4. The van der Waals surface area contributed by atoms with E-state index in [0.717, 1.165) is 20.4 Å². The van der Waals surface area contributed by atoms with Gasteiger partial charge in [0.25, 0.3) is 0 Å². The molecule has 0 radical (unpaired) electrons. The highest BCUT2D eigenvalue weighted by molar-refractivity contribution is 9.11. The van der Waals surface area contributed by atoms with Gasteiger partial charge in [0.15, 0.2) is 0 Å². The lowest BCUT2D eigenvalue weighted by molar-refractivity contribution is 0.544. The first-order chi connectivity index (χ1) is 11.1. The molecule has 0 fully saturated rings. The van der Waals surface area contributed by atoms with Crippen LogP contribution in [0.2, 0.25) is 5.02 Å². The Balaban J connectivity index is 1.96. The largest absolute Gasteiger partial charge is 0.0819 e. The van der Waals surface area contributed by atoms with E-state index in [4.69, 9.17) is 11.6 Å². The molecule has 0 amide bonds. The van der Waals surface area contributed by atoms with Crippen molar-refractivity contribution in [3.63, 3.8) is 0 Å². The summed E-state index contributed by atoms with van der Waals surface area (Å²) in [7, 11) is 0. The molecule has 0 bridgehead atoms. The Hall–Kier alpha value is 0.470. The minimum Gasteiger partial charge on any atom is -0.0819 e. The lowest BCUT2D eigenvalue weighted by atomic mass is 10.0. The SMILES string of the molecule is CCCCCCCCCCCCCCc1cc(Br)c(Cl)c(Br)c1. The van der Waals surface area contributed by atoms with Crippen LogP contribution in [0, 0.1) is 0 Å². The lowest BCUT2D eigenvalue weighted by Crippen LogP contribution is -1.88. The van der Waals surface area contributed by atoms with Crippen LogP contribution < -0.4 is 0 Å². The fourth-order valence-corrected chi connectivity index (χ4v) is 4.31. The first-order valence-electron chi connectivity index (χ1n) is 9.28. The van der Waals surface area contributed by atoms with Crippen molar-refractivity contribution >= 4 is 43.5 Å². The Morgan fingerprint density at radius 1 is 0.696 bits per heavy atom. The lowest BCUT2D eigenvalue weighted by Gasteiger charge is -2.06. The van der Waals surface area contributed by atoms with Crippen LogP contribution in [-0.2, 0) is 6.42 Å². The maximum Gasteiger partial charge on any atom is 0.0690 e. The van der Waals surface area contributed by atoms with Gasteiger partial charge in [0.1, 0.15) is 0 Å². The van der Waals surface area contributed by atoms with Crippen LogP contribution in [0.5, 0.6) is 0 Å². The average Bonchev–Trinajstić information content (AvgIpc) is 2.53. The Morgan fingerprint density at radius 2 is 1.09 bits per heavy atom. The van der Waals surface area contributed by atoms with Gasteiger partial charge in [-0.3, -0.25) is 0 Å². The van der Waals surface area contributed by atoms with Gasteiger partial charge in [0, 0.05) is 8.95 Å². The maximum atomic E-state index is 6.14. The normalized spacial score (nSPS) is 11.1. The molecule has 0 atom stereocenters. The van der Waals surface area contributed by atoms with E-state index in [1.165, 1.54) is 82.6 Å². The molecule has 0 saturated heterocycles. The van der Waals surface area contributed by atoms with Crippen LogP contribution in [0.25, 0.3) is 0 Å². The van der Waals surface area contributed by atoms with Gasteiger partial charge in [-0.15, -0.1) is 0 Å². The minimum atomic E-state index is 0.767. The molecule has 1 aromatic rings. The van der Waals surface area contributed by atoms with Crippen LogP contribution in [-0.4, -0.2) is 0 Å². The third-order valence-corrected chi connectivity index (χ3v) is 6.48. The fraction of sp³-hybridized carbons (Fsp3) is 0.700. The Bertz CT molecular complexity index is 409. The van der Waals surface area contributed by atoms with Crippen molar-refractivity contribution < 1.29 is 0 Å². The summed E-state index contributed by atoms with van der Waals surface area (Å²) in [6, 6.07) is 4.29. The van der Waals surface area contributed by atoms with Crippen molar-refractivity contribution in [3.8, 4) is 0 Å². The zero-order chi connectivity index (χ0) is 16.9. The van der Waals surface area contributed by atoms with E-state index in [0.29, 0.717) is 0 Å². The Morgan fingerprint density at radius 3 is 1.52 bits per heavy atom. The fourth-order valence-electron chi connectivity index (χ4n) is 2.92. The van der Waals surface area contributed by atoms with Crippen molar-refractivity contribution in [2.75, 3.05) is 0 Å². The van der Waals surface area contributed by atoms with Gasteiger partial charge in [-0.2, -0.15) is 0 Å². The summed E-state index contributed by atoms with van der Waals surface area (Å²) in [6.07, 6.45) is 17.9. The standard InChI is InChI=1S/C20H31Br2Cl/c1-2-3-4-5-6-7-8-9-10-11-12-13-14-17-15-18(21)20(23)19(22)16-17/h15-16H,2-14H2,1H3. The molecular weight excluding hydrogens is 435 g/mol. The molecule has 3 heteroatoms. The quantitative estimate of drug-likeness (QED) is 0.201. The molecule has 0 unspecified atom stereocenters. The zero-order valence-electron chi connectivity index (χ0n) is 14.5. The molecule has 0 heterocycles. The summed E-state index contributed by atoms with van der Waals surface area (Å²) in [5.41, 5.74) is 1.36. The molecule has 0 spiro atoms. The highest BCUT2D eigenvalue weighted by atomic mass is 79.9. The molecule has 0 aromatic heterocycles. The van der Waals surface area contributed by atoms with Gasteiger partial charge >= 0.3 is 0 Å². The molecule has 1 rings (SSSR count). The molecule has 0 saturated carbocycles. The van der Waals surface area contributed by atoms with Crippen LogP contribution in [0.3, 0.4) is 0 Å². The summed E-state index contributed by atoms with van der Waals surface area (Å²) in [6.45, 7) is 2.28. The van der Waals surface area contributed by atoms with Gasteiger partial charge in [0.05, 0.1) is 5.02 Å². The van der Waals surface area contributed by atoms with Crippen molar-refractivity contribution in [3.05, 3.63) is 31.7 Å². The maximum absolute atomic E-state index is 6.14. The number of halogens is 3. The topological polar surface area (TPSA) is 0 Å². The molecule has 0 aliphatic rings. The Labute approximate surface area is 165 Å². The van der Waals surface area contributed by atoms with Gasteiger partial charge in [-0.25, -0.2) is 0 Å². The molecule has 0 N–H and O–H groups in total. The van der Waals surface area contributed by atoms with Gasteiger partial charge < -0.3 is 0 Å². The number of rotatable bonds is 13. The van der Waals surface area contributed by atoms with E-state index in [1.54, 1.807) is 0 Å². The minimum absolute atomic E-state index is 0.767. The van der Waals surface area contributed by atoms with Gasteiger partial charge in [0.2, 0.25) is 0 Å². The molecule has 132 valence electrons. The van der Waals surface area contributed by atoms with Gasteiger partial charge in [-0.05, 0) is 62.4 Å². The number of hydrogen-bond donors (Lipinski definition) is 0. The second kappa shape index (κ2) is 13.7. The number of aryl methyl sites for hydroxylation is 1. The van der Waals surface area contributed by atoms with E-state index in [2.05, 4.69) is 50.9 Å².